The van der Waals surface area contributed by atoms with Gasteiger partial charge in [-0.3, -0.25) is 4.79 Å². The van der Waals surface area contributed by atoms with Crippen molar-refractivity contribution in [3.63, 3.8) is 0 Å². The highest BCUT2D eigenvalue weighted by molar-refractivity contribution is 5.98. The predicted octanol–water partition coefficient (Wildman–Crippen LogP) is 4.29. The Labute approximate surface area is 162 Å². The van der Waals surface area contributed by atoms with E-state index in [0.29, 0.717) is 23.9 Å². The molecule has 28 heavy (non-hydrogen) atoms. The number of amides is 1. The Bertz CT molecular complexity index is 1110. The van der Waals surface area contributed by atoms with Gasteiger partial charge in [0.15, 0.2) is 0 Å². The molecule has 2 heterocycles. The highest BCUT2D eigenvalue weighted by atomic mass is 16.5. The number of methoxy groups -OCH3 is 1. The molecule has 0 unspecified atom stereocenters. The average molecular weight is 373 g/mol. The molecule has 2 N–H and O–H groups in total. The van der Waals surface area contributed by atoms with Crippen molar-refractivity contribution >= 4 is 16.8 Å². The van der Waals surface area contributed by atoms with Crippen molar-refractivity contribution in [2.45, 2.75) is 6.54 Å². The third-order valence-electron chi connectivity index (χ3n) is 4.29. The van der Waals surface area contributed by atoms with E-state index in [1.807, 2.05) is 66.7 Å². The zero-order valence-corrected chi connectivity index (χ0v) is 15.3. The summed E-state index contributed by atoms with van der Waals surface area (Å²) < 4.78 is 10.9. The van der Waals surface area contributed by atoms with Gasteiger partial charge in [-0.1, -0.05) is 18.2 Å². The van der Waals surface area contributed by atoms with Gasteiger partial charge in [0, 0.05) is 35.8 Å². The first-order valence-electron chi connectivity index (χ1n) is 8.84. The van der Waals surface area contributed by atoms with Gasteiger partial charge in [-0.2, -0.15) is 0 Å². The molecule has 4 rings (SSSR count). The van der Waals surface area contributed by atoms with E-state index in [9.17, 15) is 4.79 Å². The fourth-order valence-corrected chi connectivity index (χ4v) is 2.86. The van der Waals surface area contributed by atoms with Crippen LogP contribution in [0.15, 0.2) is 72.9 Å². The summed E-state index contributed by atoms with van der Waals surface area (Å²) in [6, 6.07) is 20.6. The molecule has 2 aromatic carbocycles. The maximum atomic E-state index is 12.5. The van der Waals surface area contributed by atoms with E-state index in [1.54, 1.807) is 13.3 Å². The Kier molecular flexibility index (Phi) is 4.93. The van der Waals surface area contributed by atoms with Crippen molar-refractivity contribution in [3.8, 4) is 17.4 Å². The molecular weight excluding hydrogens is 354 g/mol. The number of fused-ring (bicyclic) bond motifs is 1. The number of nitrogens with one attached hydrogen (secondary N) is 2. The van der Waals surface area contributed by atoms with E-state index >= 15 is 0 Å². The Morgan fingerprint density at radius 2 is 1.89 bits per heavy atom. The number of pyridine rings is 1. The van der Waals surface area contributed by atoms with Crippen molar-refractivity contribution in [2.75, 3.05) is 7.11 Å². The topological polar surface area (TPSA) is 76.2 Å². The molecule has 0 atom stereocenters. The van der Waals surface area contributed by atoms with E-state index in [2.05, 4.69) is 15.3 Å². The number of nitrogens with zero attached hydrogens (tertiary/aromatic N) is 1. The van der Waals surface area contributed by atoms with Gasteiger partial charge in [-0.25, -0.2) is 4.98 Å². The number of para-hydroxylation sites is 1. The summed E-state index contributed by atoms with van der Waals surface area (Å²) in [7, 11) is 1.61. The van der Waals surface area contributed by atoms with Crippen LogP contribution >= 0.6 is 0 Å². The Morgan fingerprint density at radius 3 is 2.71 bits per heavy atom. The molecule has 0 aliphatic carbocycles. The largest absolute Gasteiger partial charge is 0.497 e. The molecule has 0 bridgehead atoms. The number of aromatic amines is 1. The summed E-state index contributed by atoms with van der Waals surface area (Å²) in [5.74, 6) is 1.75. The Balaban J connectivity index is 1.42. The second kappa shape index (κ2) is 7.84. The van der Waals surface area contributed by atoms with Gasteiger partial charge in [0.1, 0.15) is 17.2 Å². The third kappa shape index (κ3) is 3.96. The van der Waals surface area contributed by atoms with E-state index in [-0.39, 0.29) is 5.91 Å². The SMILES string of the molecule is COc1ccc2cc(C(=O)NCc3ccnc(Oc4ccccc4)c3)[nH]c2c1. The van der Waals surface area contributed by atoms with E-state index in [1.165, 1.54) is 0 Å². The lowest BCUT2D eigenvalue weighted by atomic mass is 10.2. The number of rotatable bonds is 6. The van der Waals surface area contributed by atoms with Crippen molar-refractivity contribution in [2.24, 2.45) is 0 Å². The van der Waals surface area contributed by atoms with Crippen LogP contribution in [0.1, 0.15) is 16.1 Å². The fraction of sp³-hybridized carbons (Fsp3) is 0.0909. The van der Waals surface area contributed by atoms with Crippen LogP contribution < -0.4 is 14.8 Å². The van der Waals surface area contributed by atoms with Gasteiger partial charge in [-0.15, -0.1) is 0 Å². The molecule has 0 aliphatic heterocycles. The quantitative estimate of drug-likeness (QED) is 0.528. The van der Waals surface area contributed by atoms with Crippen LogP contribution in [0, 0.1) is 0 Å². The lowest BCUT2D eigenvalue weighted by molar-refractivity contribution is 0.0946. The highest BCUT2D eigenvalue weighted by Gasteiger charge is 2.10. The lowest BCUT2D eigenvalue weighted by Gasteiger charge is -2.07. The van der Waals surface area contributed by atoms with Gasteiger partial charge >= 0.3 is 0 Å². The van der Waals surface area contributed by atoms with Crippen LogP contribution in [0.2, 0.25) is 0 Å². The molecule has 0 saturated heterocycles. The molecule has 0 aliphatic rings. The summed E-state index contributed by atoms with van der Waals surface area (Å²) in [5.41, 5.74) is 2.25. The second-order valence-corrected chi connectivity index (χ2v) is 6.24. The van der Waals surface area contributed by atoms with Gasteiger partial charge in [-0.05, 0) is 42.0 Å². The zero-order chi connectivity index (χ0) is 19.3. The summed E-state index contributed by atoms with van der Waals surface area (Å²) in [4.78, 5) is 19.8. The smallest absolute Gasteiger partial charge is 0.267 e. The summed E-state index contributed by atoms with van der Waals surface area (Å²) in [5, 5.41) is 3.86. The second-order valence-electron chi connectivity index (χ2n) is 6.24. The van der Waals surface area contributed by atoms with E-state index in [4.69, 9.17) is 9.47 Å². The van der Waals surface area contributed by atoms with Crippen LogP contribution in [-0.4, -0.2) is 23.0 Å². The number of hydrogen-bond donors (Lipinski definition) is 2. The van der Waals surface area contributed by atoms with Crippen molar-refractivity contribution in [1.82, 2.24) is 15.3 Å². The molecule has 6 nitrogen and oxygen atoms in total. The van der Waals surface area contributed by atoms with Crippen molar-refractivity contribution in [1.29, 1.82) is 0 Å². The van der Waals surface area contributed by atoms with Gasteiger partial charge in [0.05, 0.1) is 7.11 Å². The predicted molar refractivity (Wildman–Crippen MR) is 107 cm³/mol. The molecule has 4 aromatic rings. The molecule has 140 valence electrons. The fourth-order valence-electron chi connectivity index (χ4n) is 2.86. The molecular formula is C22H19N3O3. The van der Waals surface area contributed by atoms with Crippen LogP contribution in [0.25, 0.3) is 10.9 Å². The molecule has 0 saturated carbocycles. The lowest BCUT2D eigenvalue weighted by Crippen LogP contribution is -2.23. The van der Waals surface area contributed by atoms with Gasteiger partial charge in [0.2, 0.25) is 5.88 Å². The highest BCUT2D eigenvalue weighted by Crippen LogP contribution is 2.22. The minimum absolute atomic E-state index is 0.183. The zero-order valence-electron chi connectivity index (χ0n) is 15.3. The average Bonchev–Trinajstić information content (AvgIpc) is 3.16. The third-order valence-corrected chi connectivity index (χ3v) is 4.29. The van der Waals surface area contributed by atoms with Gasteiger partial charge < -0.3 is 19.8 Å². The molecule has 0 radical (unpaired) electrons. The minimum atomic E-state index is -0.183. The number of ether oxygens (including phenoxy) is 2. The normalized spacial score (nSPS) is 10.6. The molecule has 0 fully saturated rings. The van der Waals surface area contributed by atoms with E-state index in [0.717, 1.165) is 22.2 Å². The number of hydrogen-bond acceptors (Lipinski definition) is 4. The Hall–Kier alpha value is -3.80. The summed E-state index contributed by atoms with van der Waals surface area (Å²) in [6.07, 6.45) is 1.66. The number of carbonyl (C=O) groups is 1. The van der Waals surface area contributed by atoms with Crippen LogP contribution in [0.5, 0.6) is 17.4 Å². The van der Waals surface area contributed by atoms with Crippen molar-refractivity contribution in [3.05, 3.63) is 84.2 Å². The monoisotopic (exact) mass is 373 g/mol. The van der Waals surface area contributed by atoms with Crippen LogP contribution in [0.4, 0.5) is 0 Å². The van der Waals surface area contributed by atoms with Gasteiger partial charge in [0.25, 0.3) is 5.91 Å². The molecule has 1 amide bonds. The standard InChI is InChI=1S/C22H19N3O3/c1-27-18-8-7-16-12-20(25-19(16)13-18)22(26)24-14-15-9-10-23-21(11-15)28-17-5-3-2-4-6-17/h2-13,25H,14H2,1H3,(H,24,26). The van der Waals surface area contributed by atoms with Crippen LogP contribution in [0.3, 0.4) is 0 Å². The van der Waals surface area contributed by atoms with Crippen molar-refractivity contribution < 1.29 is 14.3 Å². The van der Waals surface area contributed by atoms with Crippen LogP contribution in [-0.2, 0) is 6.54 Å². The molecule has 0 spiro atoms. The minimum Gasteiger partial charge on any atom is -0.497 e. The first-order chi connectivity index (χ1) is 13.7. The first-order valence-corrected chi connectivity index (χ1v) is 8.84. The summed E-state index contributed by atoms with van der Waals surface area (Å²) in [6.45, 7) is 0.366. The maximum absolute atomic E-state index is 12.5. The van der Waals surface area contributed by atoms with E-state index < -0.39 is 0 Å². The number of carbonyl (C=O) groups excluding carboxylic acids is 1. The maximum Gasteiger partial charge on any atom is 0.267 e. The first kappa shape index (κ1) is 17.6. The summed E-state index contributed by atoms with van der Waals surface area (Å²) >= 11 is 0. The molecule has 6 heteroatoms. The number of H-pyrrole nitrogens is 1. The molecule has 2 aromatic heterocycles. The number of aromatic nitrogens is 2. The number of benzene rings is 2. The Morgan fingerprint density at radius 1 is 1.04 bits per heavy atom.